The Kier molecular flexibility index (Phi) is 5.94. The van der Waals surface area contributed by atoms with Crippen LogP contribution in [0.25, 0.3) is 0 Å². The monoisotopic (exact) mass is 362 g/mol. The first-order chi connectivity index (χ1) is 12.6. The number of hydrogen-bond donors (Lipinski definition) is 0. The van der Waals surface area contributed by atoms with Gasteiger partial charge in [0.25, 0.3) is 0 Å². The molecule has 3 aromatic rings. The van der Waals surface area contributed by atoms with Gasteiger partial charge in [0.15, 0.2) is 0 Å². The molecule has 0 aliphatic carbocycles. The van der Waals surface area contributed by atoms with Gasteiger partial charge in [-0.2, -0.15) is 0 Å². The molecule has 0 amide bonds. The van der Waals surface area contributed by atoms with E-state index in [9.17, 15) is 0 Å². The van der Waals surface area contributed by atoms with Crippen LogP contribution in [0.1, 0.15) is 36.5 Å². The molecule has 136 valence electrons. The summed E-state index contributed by atoms with van der Waals surface area (Å²) in [6.45, 7) is 8.84. The van der Waals surface area contributed by atoms with Crippen molar-refractivity contribution in [2.45, 2.75) is 40.5 Å². The third kappa shape index (κ3) is 3.76. The van der Waals surface area contributed by atoms with Crippen molar-refractivity contribution in [3.8, 4) is 0 Å². The molecule has 26 heavy (non-hydrogen) atoms. The fourth-order valence-corrected chi connectivity index (χ4v) is 8.85. The van der Waals surface area contributed by atoms with Crippen LogP contribution >= 0.6 is 7.26 Å². The molecular formula is C25H31P. The third-order valence-electron chi connectivity index (χ3n) is 5.54. The number of hydrogen-bond acceptors (Lipinski definition) is 0. The van der Waals surface area contributed by atoms with E-state index in [-0.39, 0.29) is 0 Å². The summed E-state index contributed by atoms with van der Waals surface area (Å²) in [6.07, 6.45) is 3.76. The minimum absolute atomic E-state index is 1.23. The van der Waals surface area contributed by atoms with Crippen LogP contribution in [-0.4, -0.2) is 6.16 Å². The first-order valence-corrected chi connectivity index (χ1v) is 12.0. The van der Waals surface area contributed by atoms with Crippen LogP contribution in [0.2, 0.25) is 0 Å². The van der Waals surface area contributed by atoms with Gasteiger partial charge in [-0.3, -0.25) is 0 Å². The maximum absolute atomic E-state index is 2.39. The zero-order valence-corrected chi connectivity index (χ0v) is 17.5. The van der Waals surface area contributed by atoms with E-state index in [0.29, 0.717) is 0 Å². The molecule has 0 bridgehead atoms. The average molecular weight is 362 g/mol. The van der Waals surface area contributed by atoms with Crippen molar-refractivity contribution in [2.24, 2.45) is 0 Å². The summed E-state index contributed by atoms with van der Waals surface area (Å²) >= 11 is 0. The Morgan fingerprint density at radius 3 is 1.12 bits per heavy atom. The van der Waals surface area contributed by atoms with E-state index in [1.807, 2.05) is 0 Å². The van der Waals surface area contributed by atoms with E-state index in [1.54, 1.807) is 0 Å². The number of unbranched alkanes of at least 4 members (excludes halogenated alkanes) is 1. The van der Waals surface area contributed by atoms with Crippen molar-refractivity contribution in [1.29, 1.82) is 0 Å². The molecule has 0 nitrogen and oxygen atoms in total. The van der Waals surface area contributed by atoms with Gasteiger partial charge in [-0.25, -0.2) is 0 Å². The fraction of sp³-hybridized carbons (Fsp3) is 0.280. The van der Waals surface area contributed by atoms with Crippen LogP contribution in [0.5, 0.6) is 0 Å². The molecule has 1 heteroatoms. The molecule has 0 heterocycles. The van der Waals surface area contributed by atoms with E-state index < -0.39 is 7.26 Å². The van der Waals surface area contributed by atoms with Crippen LogP contribution in [-0.2, 0) is 0 Å². The minimum atomic E-state index is -2.01. The van der Waals surface area contributed by atoms with Crippen LogP contribution in [0.3, 0.4) is 0 Å². The molecular weight excluding hydrogens is 331 g/mol. The van der Waals surface area contributed by atoms with Crippen molar-refractivity contribution in [3.63, 3.8) is 0 Å². The molecule has 0 saturated carbocycles. The molecule has 0 N–H and O–H groups in total. The molecule has 0 fully saturated rings. The van der Waals surface area contributed by atoms with Gasteiger partial charge in [-0.05, 0) is 0 Å². The molecule has 3 rings (SSSR count). The third-order valence-corrected chi connectivity index (χ3v) is 10.6. The van der Waals surface area contributed by atoms with Crippen molar-refractivity contribution in [1.82, 2.24) is 0 Å². The van der Waals surface area contributed by atoms with Gasteiger partial charge in [-0.15, -0.1) is 0 Å². The summed E-state index contributed by atoms with van der Waals surface area (Å²) in [5.74, 6) is 0. The van der Waals surface area contributed by atoms with Gasteiger partial charge in [0.05, 0.1) is 0 Å². The van der Waals surface area contributed by atoms with Crippen LogP contribution in [0.4, 0.5) is 0 Å². The zero-order chi connectivity index (χ0) is 18.6. The van der Waals surface area contributed by atoms with Gasteiger partial charge >= 0.3 is 159 Å². The predicted molar refractivity (Wildman–Crippen MR) is 121 cm³/mol. The average Bonchev–Trinajstić information content (AvgIpc) is 2.66. The summed E-state index contributed by atoms with van der Waals surface area (Å²) in [5, 5.41) is 4.60. The first-order valence-electron chi connectivity index (χ1n) is 9.77. The van der Waals surface area contributed by atoms with Gasteiger partial charge in [0, 0.05) is 0 Å². The second-order valence-electron chi connectivity index (χ2n) is 7.61. The molecule has 0 aromatic heterocycles. The summed E-state index contributed by atoms with van der Waals surface area (Å²) in [7, 11) is -2.01. The Morgan fingerprint density at radius 2 is 0.846 bits per heavy atom. The number of aryl methyl sites for hydroxylation is 3. The number of rotatable bonds is 6. The zero-order valence-electron chi connectivity index (χ0n) is 16.5. The molecule has 0 atom stereocenters. The van der Waals surface area contributed by atoms with Crippen molar-refractivity contribution >= 4 is 23.2 Å². The van der Waals surface area contributed by atoms with Gasteiger partial charge in [0.1, 0.15) is 0 Å². The molecule has 3 aromatic carbocycles. The molecule has 0 aliphatic rings. The molecule has 0 aliphatic heterocycles. The Balaban J connectivity index is 2.27. The Morgan fingerprint density at radius 1 is 0.538 bits per heavy atom. The van der Waals surface area contributed by atoms with Crippen LogP contribution in [0, 0.1) is 20.8 Å². The summed E-state index contributed by atoms with van der Waals surface area (Å²) in [4.78, 5) is 0. The van der Waals surface area contributed by atoms with E-state index >= 15 is 0 Å². The topological polar surface area (TPSA) is 0 Å². The quantitative estimate of drug-likeness (QED) is 0.512. The van der Waals surface area contributed by atoms with Crippen molar-refractivity contribution in [2.75, 3.05) is 6.16 Å². The summed E-state index contributed by atoms with van der Waals surface area (Å²) in [6, 6.07) is 28.0. The SMILES string of the molecule is CCCC[PH](c1ccc(C)cc1)(c1ccc(C)cc1)c1ccc(C)cc1. The van der Waals surface area contributed by atoms with Crippen molar-refractivity contribution < 1.29 is 0 Å². The molecule has 0 saturated heterocycles. The van der Waals surface area contributed by atoms with Gasteiger partial charge in [0.2, 0.25) is 0 Å². The predicted octanol–water partition coefficient (Wildman–Crippen LogP) is 5.44. The summed E-state index contributed by atoms with van der Waals surface area (Å²) in [5.41, 5.74) is 4.00. The van der Waals surface area contributed by atoms with E-state index in [0.717, 1.165) is 0 Å². The molecule has 0 radical (unpaired) electrons. The normalized spacial score (nSPS) is 12.2. The Labute approximate surface area is 159 Å². The Hall–Kier alpha value is -1.91. The summed E-state index contributed by atoms with van der Waals surface area (Å²) < 4.78 is 0. The molecule has 0 spiro atoms. The maximum atomic E-state index is 2.39. The van der Waals surface area contributed by atoms with Crippen LogP contribution < -0.4 is 15.9 Å². The standard InChI is InChI=1S/C25H31P/c1-5-6-19-26(23-13-7-20(2)8-14-23,24-15-9-21(3)10-16-24)25-17-11-22(4)12-18-25/h7-18,26H,5-6,19H2,1-4H3. The van der Waals surface area contributed by atoms with Crippen LogP contribution in [0.15, 0.2) is 72.8 Å². The van der Waals surface area contributed by atoms with E-state index in [2.05, 4.69) is 100 Å². The van der Waals surface area contributed by atoms with E-state index in [1.165, 1.54) is 51.6 Å². The second-order valence-corrected chi connectivity index (χ2v) is 11.6. The molecule has 0 unspecified atom stereocenters. The van der Waals surface area contributed by atoms with Crippen molar-refractivity contribution in [3.05, 3.63) is 89.5 Å². The van der Waals surface area contributed by atoms with E-state index in [4.69, 9.17) is 0 Å². The number of benzene rings is 3. The first kappa shape index (κ1) is 18.9. The Bertz CT molecular complexity index is 716. The fourth-order valence-electron chi connectivity index (χ4n) is 3.89. The van der Waals surface area contributed by atoms with Gasteiger partial charge in [-0.1, -0.05) is 0 Å². The van der Waals surface area contributed by atoms with Gasteiger partial charge < -0.3 is 0 Å². The second kappa shape index (κ2) is 8.19.